The van der Waals surface area contributed by atoms with Crippen LogP contribution >= 0.6 is 0 Å². The van der Waals surface area contributed by atoms with E-state index in [4.69, 9.17) is 5.26 Å². The number of nitriles is 1. The highest BCUT2D eigenvalue weighted by Crippen LogP contribution is 2.17. The smallest absolute Gasteiger partial charge is 0.257 e. The van der Waals surface area contributed by atoms with E-state index in [2.05, 4.69) is 28.5 Å². The third kappa shape index (κ3) is 4.25. The number of rotatable bonds is 5. The standard InChI is InChI=1S/C21H18N4O/c1-25(15-16-6-3-2-4-7-16)20-11-18(13-23-14-20)21(26)24-19-9-5-8-17(10-19)12-22/h2-11,13-14H,15H2,1H3,(H,24,26). The summed E-state index contributed by atoms with van der Waals surface area (Å²) in [6.07, 6.45) is 3.26. The Balaban J connectivity index is 1.73. The third-order valence-electron chi connectivity index (χ3n) is 3.94. The van der Waals surface area contributed by atoms with E-state index in [1.54, 1.807) is 36.5 Å². The highest BCUT2D eigenvalue weighted by Gasteiger charge is 2.10. The van der Waals surface area contributed by atoms with Crippen LogP contribution in [0.2, 0.25) is 0 Å². The van der Waals surface area contributed by atoms with Crippen molar-refractivity contribution in [3.63, 3.8) is 0 Å². The number of anilines is 2. The average molecular weight is 342 g/mol. The second-order valence-corrected chi connectivity index (χ2v) is 5.92. The molecular formula is C21H18N4O. The molecule has 3 aromatic rings. The SMILES string of the molecule is CN(Cc1ccccc1)c1cncc(C(=O)Nc2cccc(C#N)c2)c1. The first kappa shape index (κ1) is 17.2. The van der Waals surface area contributed by atoms with Crippen molar-refractivity contribution in [2.45, 2.75) is 6.54 Å². The van der Waals surface area contributed by atoms with Crippen molar-refractivity contribution in [3.05, 3.63) is 89.7 Å². The normalized spacial score (nSPS) is 10.0. The third-order valence-corrected chi connectivity index (χ3v) is 3.94. The minimum Gasteiger partial charge on any atom is -0.369 e. The van der Waals surface area contributed by atoms with Gasteiger partial charge in [0.15, 0.2) is 0 Å². The topological polar surface area (TPSA) is 69.0 Å². The summed E-state index contributed by atoms with van der Waals surface area (Å²) in [4.78, 5) is 18.7. The number of carbonyl (C=O) groups excluding carboxylic acids is 1. The number of nitrogens with one attached hydrogen (secondary N) is 1. The first-order chi connectivity index (χ1) is 12.7. The van der Waals surface area contributed by atoms with E-state index in [-0.39, 0.29) is 5.91 Å². The molecule has 2 aromatic carbocycles. The lowest BCUT2D eigenvalue weighted by Crippen LogP contribution is -2.18. The van der Waals surface area contributed by atoms with Crippen LogP contribution in [-0.2, 0) is 6.54 Å². The summed E-state index contributed by atoms with van der Waals surface area (Å²) in [6, 6.07) is 20.8. The number of hydrogen-bond acceptors (Lipinski definition) is 4. The minimum absolute atomic E-state index is 0.262. The van der Waals surface area contributed by atoms with Gasteiger partial charge >= 0.3 is 0 Å². The minimum atomic E-state index is -0.262. The number of carbonyl (C=O) groups is 1. The molecule has 128 valence electrons. The first-order valence-corrected chi connectivity index (χ1v) is 8.17. The van der Waals surface area contributed by atoms with Crippen molar-refractivity contribution in [2.24, 2.45) is 0 Å². The van der Waals surface area contributed by atoms with Gasteiger partial charge in [-0.05, 0) is 29.8 Å². The van der Waals surface area contributed by atoms with Crippen LogP contribution in [0, 0.1) is 11.3 Å². The number of hydrogen-bond donors (Lipinski definition) is 1. The Morgan fingerprint density at radius 3 is 2.69 bits per heavy atom. The fourth-order valence-corrected chi connectivity index (χ4v) is 2.58. The molecule has 0 aliphatic rings. The van der Waals surface area contributed by atoms with Gasteiger partial charge in [0.05, 0.1) is 29.1 Å². The Hall–Kier alpha value is -3.65. The van der Waals surface area contributed by atoms with E-state index < -0.39 is 0 Å². The van der Waals surface area contributed by atoms with Gasteiger partial charge in [-0.15, -0.1) is 0 Å². The molecule has 0 aliphatic carbocycles. The Bertz CT molecular complexity index is 947. The molecule has 0 saturated carbocycles. The van der Waals surface area contributed by atoms with Crippen molar-refractivity contribution < 1.29 is 4.79 Å². The number of nitrogens with zero attached hydrogens (tertiary/aromatic N) is 3. The lowest BCUT2D eigenvalue weighted by atomic mass is 10.2. The molecule has 0 bridgehead atoms. The number of aromatic nitrogens is 1. The van der Waals surface area contributed by atoms with Gasteiger partial charge < -0.3 is 10.2 Å². The van der Waals surface area contributed by atoms with E-state index in [0.29, 0.717) is 16.8 Å². The maximum absolute atomic E-state index is 12.5. The van der Waals surface area contributed by atoms with Crippen molar-refractivity contribution >= 4 is 17.3 Å². The number of pyridine rings is 1. The fraction of sp³-hybridized carbons (Fsp3) is 0.0952. The molecule has 0 fully saturated rings. The van der Waals surface area contributed by atoms with Crippen molar-refractivity contribution in [1.29, 1.82) is 5.26 Å². The summed E-state index contributed by atoms with van der Waals surface area (Å²) < 4.78 is 0. The van der Waals surface area contributed by atoms with E-state index in [0.717, 1.165) is 12.2 Å². The summed E-state index contributed by atoms with van der Waals surface area (Å²) in [6.45, 7) is 0.720. The van der Waals surface area contributed by atoms with Crippen LogP contribution in [0.15, 0.2) is 73.1 Å². The molecule has 0 atom stereocenters. The lowest BCUT2D eigenvalue weighted by molar-refractivity contribution is 0.102. The molecular weight excluding hydrogens is 324 g/mol. The molecule has 0 radical (unpaired) electrons. The van der Waals surface area contributed by atoms with Gasteiger partial charge in [-0.2, -0.15) is 5.26 Å². The van der Waals surface area contributed by atoms with E-state index in [1.165, 1.54) is 11.8 Å². The monoisotopic (exact) mass is 342 g/mol. The summed E-state index contributed by atoms with van der Waals surface area (Å²) in [5, 5.41) is 11.8. The van der Waals surface area contributed by atoms with Gasteiger partial charge in [-0.25, -0.2) is 0 Å². The fourth-order valence-electron chi connectivity index (χ4n) is 2.58. The van der Waals surface area contributed by atoms with Crippen LogP contribution < -0.4 is 10.2 Å². The maximum Gasteiger partial charge on any atom is 0.257 e. The molecule has 0 spiro atoms. The van der Waals surface area contributed by atoms with Crippen LogP contribution in [0.1, 0.15) is 21.5 Å². The molecule has 5 nitrogen and oxygen atoms in total. The predicted molar refractivity (Wildman–Crippen MR) is 102 cm³/mol. The van der Waals surface area contributed by atoms with Gasteiger partial charge in [0.2, 0.25) is 0 Å². The van der Waals surface area contributed by atoms with Gasteiger partial charge in [0.25, 0.3) is 5.91 Å². The highest BCUT2D eigenvalue weighted by atomic mass is 16.1. The Kier molecular flexibility index (Phi) is 5.25. The summed E-state index contributed by atoms with van der Waals surface area (Å²) in [7, 11) is 1.96. The van der Waals surface area contributed by atoms with Gasteiger partial charge in [0.1, 0.15) is 0 Å². The largest absolute Gasteiger partial charge is 0.369 e. The van der Waals surface area contributed by atoms with Crippen LogP contribution in [0.25, 0.3) is 0 Å². The Morgan fingerprint density at radius 2 is 1.92 bits per heavy atom. The molecule has 1 N–H and O–H groups in total. The molecule has 0 aliphatic heterocycles. The number of benzene rings is 2. The second-order valence-electron chi connectivity index (χ2n) is 5.92. The van der Waals surface area contributed by atoms with Gasteiger partial charge in [0, 0.05) is 25.5 Å². The molecule has 5 heteroatoms. The van der Waals surface area contributed by atoms with E-state index >= 15 is 0 Å². The molecule has 0 unspecified atom stereocenters. The molecule has 26 heavy (non-hydrogen) atoms. The van der Waals surface area contributed by atoms with Crippen LogP contribution in [0.5, 0.6) is 0 Å². The zero-order valence-electron chi connectivity index (χ0n) is 14.4. The van der Waals surface area contributed by atoms with E-state index in [9.17, 15) is 4.79 Å². The van der Waals surface area contributed by atoms with Crippen LogP contribution in [-0.4, -0.2) is 17.9 Å². The second kappa shape index (κ2) is 7.95. The zero-order valence-corrected chi connectivity index (χ0v) is 14.4. The predicted octanol–water partition coefficient (Wildman–Crippen LogP) is 3.84. The molecule has 3 rings (SSSR count). The molecule has 0 saturated heterocycles. The summed E-state index contributed by atoms with van der Waals surface area (Å²) >= 11 is 0. The lowest BCUT2D eigenvalue weighted by Gasteiger charge is -2.19. The Labute approximate surface area is 152 Å². The van der Waals surface area contributed by atoms with Crippen molar-refractivity contribution in [3.8, 4) is 6.07 Å². The average Bonchev–Trinajstić information content (AvgIpc) is 2.69. The van der Waals surface area contributed by atoms with Crippen molar-refractivity contribution in [2.75, 3.05) is 17.3 Å². The first-order valence-electron chi connectivity index (χ1n) is 8.17. The van der Waals surface area contributed by atoms with E-state index in [1.807, 2.05) is 30.1 Å². The van der Waals surface area contributed by atoms with Crippen LogP contribution in [0.3, 0.4) is 0 Å². The van der Waals surface area contributed by atoms with Gasteiger partial charge in [-0.1, -0.05) is 36.4 Å². The quantitative estimate of drug-likeness (QED) is 0.765. The summed E-state index contributed by atoms with van der Waals surface area (Å²) in [5.41, 5.74) is 3.57. The molecule has 1 heterocycles. The van der Waals surface area contributed by atoms with Crippen LogP contribution in [0.4, 0.5) is 11.4 Å². The Morgan fingerprint density at radius 1 is 1.12 bits per heavy atom. The molecule has 1 aromatic heterocycles. The van der Waals surface area contributed by atoms with Crippen molar-refractivity contribution in [1.82, 2.24) is 4.98 Å². The van der Waals surface area contributed by atoms with Gasteiger partial charge in [-0.3, -0.25) is 9.78 Å². The maximum atomic E-state index is 12.5. The number of amides is 1. The zero-order chi connectivity index (χ0) is 18.4. The molecule has 1 amide bonds. The summed E-state index contributed by atoms with van der Waals surface area (Å²) in [5.74, 6) is -0.262. The highest BCUT2D eigenvalue weighted by molar-refractivity contribution is 6.04.